The number of allylic oxidation sites excluding steroid dienone is 1. The molecular formula is C16H26N2O. The fourth-order valence-electron chi connectivity index (χ4n) is 2.15. The molecule has 0 heterocycles. The number of hydrazine groups is 1. The minimum Gasteiger partial charge on any atom is -0.497 e. The Balaban J connectivity index is 2.31. The Hall–Kier alpha value is -1.32. The monoisotopic (exact) mass is 262 g/mol. The van der Waals surface area contributed by atoms with E-state index in [4.69, 9.17) is 10.6 Å². The van der Waals surface area contributed by atoms with Gasteiger partial charge in [0.2, 0.25) is 0 Å². The minimum atomic E-state index is 0.345. The third-order valence-electron chi connectivity index (χ3n) is 3.34. The van der Waals surface area contributed by atoms with Crippen LogP contribution < -0.4 is 16.0 Å². The standard InChI is InChI=1S/C16H26N2O/c1-3-4-5-6-7-8-15(18-17)13-14-9-11-16(19-2)12-10-14/h3,9-12,15,18H,1,4-8,13,17H2,2H3. The van der Waals surface area contributed by atoms with E-state index in [1.54, 1.807) is 7.11 Å². The molecule has 0 bridgehead atoms. The third-order valence-corrected chi connectivity index (χ3v) is 3.34. The zero-order valence-electron chi connectivity index (χ0n) is 11.9. The lowest BCUT2D eigenvalue weighted by Crippen LogP contribution is -2.36. The maximum absolute atomic E-state index is 5.63. The summed E-state index contributed by atoms with van der Waals surface area (Å²) in [6, 6.07) is 8.53. The maximum atomic E-state index is 5.63. The third kappa shape index (κ3) is 6.41. The Morgan fingerprint density at radius 2 is 2.00 bits per heavy atom. The second kappa shape index (κ2) is 9.59. The van der Waals surface area contributed by atoms with Crippen LogP contribution in [0.2, 0.25) is 0 Å². The van der Waals surface area contributed by atoms with Gasteiger partial charge in [-0.15, -0.1) is 6.58 Å². The average Bonchev–Trinajstić information content (AvgIpc) is 2.46. The second-order valence-corrected chi connectivity index (χ2v) is 4.84. The van der Waals surface area contributed by atoms with E-state index in [1.807, 2.05) is 18.2 Å². The van der Waals surface area contributed by atoms with Crippen LogP contribution in [0.3, 0.4) is 0 Å². The Bertz CT molecular complexity index is 348. The van der Waals surface area contributed by atoms with Gasteiger partial charge < -0.3 is 4.74 Å². The second-order valence-electron chi connectivity index (χ2n) is 4.84. The number of methoxy groups -OCH3 is 1. The van der Waals surface area contributed by atoms with Gasteiger partial charge in [-0.3, -0.25) is 11.3 Å². The molecule has 0 aliphatic heterocycles. The van der Waals surface area contributed by atoms with Gasteiger partial charge in [0.1, 0.15) is 5.75 Å². The smallest absolute Gasteiger partial charge is 0.118 e. The van der Waals surface area contributed by atoms with Gasteiger partial charge in [-0.05, 0) is 43.4 Å². The van der Waals surface area contributed by atoms with Crippen molar-refractivity contribution in [2.24, 2.45) is 5.84 Å². The van der Waals surface area contributed by atoms with Gasteiger partial charge >= 0.3 is 0 Å². The zero-order chi connectivity index (χ0) is 13.9. The largest absolute Gasteiger partial charge is 0.497 e. The van der Waals surface area contributed by atoms with Crippen LogP contribution in [0.4, 0.5) is 0 Å². The molecule has 1 rings (SSSR count). The lowest BCUT2D eigenvalue weighted by molar-refractivity contribution is 0.414. The van der Waals surface area contributed by atoms with Crippen molar-refractivity contribution in [1.29, 1.82) is 0 Å². The Morgan fingerprint density at radius 1 is 1.26 bits per heavy atom. The summed E-state index contributed by atoms with van der Waals surface area (Å²) in [7, 11) is 1.68. The van der Waals surface area contributed by atoms with Crippen molar-refractivity contribution in [3.8, 4) is 5.75 Å². The number of unbranched alkanes of at least 4 members (excludes halogenated alkanes) is 3. The van der Waals surface area contributed by atoms with Crippen molar-refractivity contribution >= 4 is 0 Å². The highest BCUT2D eigenvalue weighted by Gasteiger charge is 2.07. The van der Waals surface area contributed by atoms with Crippen LogP contribution in [0.15, 0.2) is 36.9 Å². The van der Waals surface area contributed by atoms with Crippen LogP contribution in [0.25, 0.3) is 0 Å². The summed E-state index contributed by atoms with van der Waals surface area (Å²) in [5, 5.41) is 0. The highest BCUT2D eigenvalue weighted by Crippen LogP contribution is 2.14. The summed E-state index contributed by atoms with van der Waals surface area (Å²) >= 11 is 0. The molecule has 1 aromatic rings. The number of ether oxygens (including phenoxy) is 1. The molecule has 106 valence electrons. The predicted octanol–water partition coefficient (Wildman–Crippen LogP) is 3.21. The Labute approximate surface area is 116 Å². The first-order valence-electron chi connectivity index (χ1n) is 7.00. The van der Waals surface area contributed by atoms with Crippen molar-refractivity contribution in [1.82, 2.24) is 5.43 Å². The van der Waals surface area contributed by atoms with E-state index in [0.29, 0.717) is 6.04 Å². The summed E-state index contributed by atoms with van der Waals surface area (Å²) in [6.45, 7) is 3.74. The molecule has 0 saturated carbocycles. The van der Waals surface area contributed by atoms with Crippen molar-refractivity contribution in [2.45, 2.75) is 44.6 Å². The lowest BCUT2D eigenvalue weighted by Gasteiger charge is -2.16. The molecule has 1 atom stereocenters. The summed E-state index contributed by atoms with van der Waals surface area (Å²) in [6.07, 6.45) is 8.84. The van der Waals surface area contributed by atoms with Gasteiger partial charge in [0.25, 0.3) is 0 Å². The van der Waals surface area contributed by atoms with Crippen molar-refractivity contribution in [3.05, 3.63) is 42.5 Å². The first kappa shape index (κ1) is 15.7. The molecule has 1 aromatic carbocycles. The molecule has 19 heavy (non-hydrogen) atoms. The molecule has 0 aromatic heterocycles. The maximum Gasteiger partial charge on any atom is 0.118 e. The molecular weight excluding hydrogens is 236 g/mol. The van der Waals surface area contributed by atoms with Gasteiger partial charge in [-0.2, -0.15) is 0 Å². The van der Waals surface area contributed by atoms with Crippen LogP contribution in [-0.4, -0.2) is 13.2 Å². The quantitative estimate of drug-likeness (QED) is 0.294. The van der Waals surface area contributed by atoms with Gasteiger partial charge in [0, 0.05) is 6.04 Å². The fourth-order valence-corrected chi connectivity index (χ4v) is 2.15. The lowest BCUT2D eigenvalue weighted by atomic mass is 10.0. The molecule has 0 spiro atoms. The fraction of sp³-hybridized carbons (Fsp3) is 0.500. The number of nitrogens with two attached hydrogens (primary N) is 1. The van der Waals surface area contributed by atoms with Crippen LogP contribution >= 0.6 is 0 Å². The van der Waals surface area contributed by atoms with E-state index in [2.05, 4.69) is 24.1 Å². The molecule has 0 radical (unpaired) electrons. The molecule has 1 unspecified atom stereocenters. The Kier molecular flexibility index (Phi) is 7.94. The number of rotatable bonds is 10. The topological polar surface area (TPSA) is 47.3 Å². The summed E-state index contributed by atoms with van der Waals surface area (Å²) in [4.78, 5) is 0. The highest BCUT2D eigenvalue weighted by atomic mass is 16.5. The van der Waals surface area contributed by atoms with Crippen LogP contribution in [0, 0.1) is 0 Å². The van der Waals surface area contributed by atoms with E-state index >= 15 is 0 Å². The van der Waals surface area contributed by atoms with Gasteiger partial charge in [0.05, 0.1) is 7.11 Å². The molecule has 3 N–H and O–H groups in total. The van der Waals surface area contributed by atoms with E-state index in [-0.39, 0.29) is 0 Å². The molecule has 0 aliphatic carbocycles. The molecule has 3 nitrogen and oxygen atoms in total. The SMILES string of the molecule is C=CCCCCCC(Cc1ccc(OC)cc1)NN. The van der Waals surface area contributed by atoms with E-state index in [0.717, 1.165) is 25.0 Å². The molecule has 0 saturated heterocycles. The minimum absolute atomic E-state index is 0.345. The van der Waals surface area contributed by atoms with E-state index in [1.165, 1.54) is 24.8 Å². The van der Waals surface area contributed by atoms with Gasteiger partial charge in [-0.1, -0.05) is 31.1 Å². The summed E-state index contributed by atoms with van der Waals surface area (Å²) < 4.78 is 5.15. The number of nitrogens with one attached hydrogen (secondary N) is 1. The average molecular weight is 262 g/mol. The van der Waals surface area contributed by atoms with Crippen LogP contribution in [-0.2, 0) is 6.42 Å². The Morgan fingerprint density at radius 3 is 2.58 bits per heavy atom. The van der Waals surface area contributed by atoms with Crippen molar-refractivity contribution in [2.75, 3.05) is 7.11 Å². The molecule has 0 fully saturated rings. The van der Waals surface area contributed by atoms with Crippen molar-refractivity contribution in [3.63, 3.8) is 0 Å². The zero-order valence-corrected chi connectivity index (χ0v) is 11.9. The van der Waals surface area contributed by atoms with Crippen molar-refractivity contribution < 1.29 is 4.74 Å². The number of benzene rings is 1. The van der Waals surface area contributed by atoms with E-state index < -0.39 is 0 Å². The van der Waals surface area contributed by atoms with Crippen LogP contribution in [0.1, 0.15) is 37.7 Å². The molecule has 0 amide bonds. The van der Waals surface area contributed by atoms with Crippen LogP contribution in [0.5, 0.6) is 5.75 Å². The predicted molar refractivity (Wildman–Crippen MR) is 81.1 cm³/mol. The first-order chi connectivity index (χ1) is 9.30. The summed E-state index contributed by atoms with van der Waals surface area (Å²) in [5.41, 5.74) is 4.21. The van der Waals surface area contributed by atoms with E-state index in [9.17, 15) is 0 Å². The highest BCUT2D eigenvalue weighted by molar-refractivity contribution is 5.27. The van der Waals surface area contributed by atoms with Gasteiger partial charge in [-0.25, -0.2) is 0 Å². The normalized spacial score (nSPS) is 12.1. The molecule has 3 heteroatoms. The van der Waals surface area contributed by atoms with Gasteiger partial charge in [0.15, 0.2) is 0 Å². The summed E-state index contributed by atoms with van der Waals surface area (Å²) in [5.74, 6) is 6.52. The number of hydrogen-bond donors (Lipinski definition) is 2. The first-order valence-corrected chi connectivity index (χ1v) is 7.00. The molecule has 0 aliphatic rings. The number of hydrogen-bond acceptors (Lipinski definition) is 3.